The molecule has 2 aromatic carbocycles. The van der Waals surface area contributed by atoms with E-state index >= 15 is 0 Å². The Morgan fingerprint density at radius 1 is 1.00 bits per heavy atom. The Bertz CT molecular complexity index is 1320. The first kappa shape index (κ1) is 21.9. The lowest BCUT2D eigenvalue weighted by Gasteiger charge is -2.41. The van der Waals surface area contributed by atoms with E-state index in [1.165, 1.54) is 6.07 Å². The fourth-order valence-electron chi connectivity index (χ4n) is 5.70. The Balaban J connectivity index is 1.62. The van der Waals surface area contributed by atoms with Crippen molar-refractivity contribution in [2.24, 2.45) is 23.5 Å². The van der Waals surface area contributed by atoms with Crippen LogP contribution in [-0.2, 0) is 22.6 Å². The van der Waals surface area contributed by atoms with Gasteiger partial charge in [0, 0.05) is 12.0 Å². The van der Waals surface area contributed by atoms with Gasteiger partial charge in [-0.1, -0.05) is 30.3 Å². The lowest BCUT2D eigenvalue weighted by Crippen LogP contribution is -2.43. The number of rotatable bonds is 3. The first-order valence-corrected chi connectivity index (χ1v) is 11.0. The fourth-order valence-corrected chi connectivity index (χ4v) is 5.70. The lowest BCUT2D eigenvalue weighted by atomic mass is 9.62. The Kier molecular flexibility index (Phi) is 5.06. The summed E-state index contributed by atoms with van der Waals surface area (Å²) < 4.78 is 0. The smallest absolute Gasteiger partial charge is 0.255 e. The average molecular weight is 461 g/mol. The number of amides is 1. The summed E-state index contributed by atoms with van der Waals surface area (Å²) in [6.07, 6.45) is 0.686. The molecule has 6 N–H and O–H groups in total. The van der Waals surface area contributed by atoms with Gasteiger partial charge in [-0.3, -0.25) is 14.4 Å². The van der Waals surface area contributed by atoms with Crippen LogP contribution in [0.15, 0.2) is 59.1 Å². The van der Waals surface area contributed by atoms with E-state index in [1.54, 1.807) is 18.2 Å². The Morgan fingerprint density at radius 2 is 1.71 bits per heavy atom. The molecular formula is C26H23NO7. The maximum Gasteiger partial charge on any atom is 0.255 e. The van der Waals surface area contributed by atoms with Crippen LogP contribution in [0.25, 0.3) is 11.1 Å². The van der Waals surface area contributed by atoms with Gasteiger partial charge in [0.2, 0.25) is 0 Å². The molecule has 174 valence electrons. The standard InChI is InChI=1S/C26H23NO7/c27-26(34)22-18(30)9-14-7-13-8-16-15(12-3-1-11(10-28)2-4-12)5-6-17(29)21(16)24(32)19(13)23(31)20(14)25(22)33/h1-6,13-14,20,28-31H,7-10H2,(H2,27,34)/t13-,14+,20?/m1/s1. The highest BCUT2D eigenvalue weighted by Crippen LogP contribution is 2.50. The number of hydrogen-bond donors (Lipinski definition) is 5. The molecule has 5 rings (SSSR count). The number of primary amides is 1. The van der Waals surface area contributed by atoms with E-state index in [0.717, 1.165) is 16.7 Å². The minimum Gasteiger partial charge on any atom is -0.511 e. The Labute approximate surface area is 194 Å². The normalized spacial score (nSPS) is 24.0. The number of aromatic hydroxyl groups is 1. The molecule has 0 aromatic heterocycles. The largest absolute Gasteiger partial charge is 0.511 e. The molecule has 0 fully saturated rings. The molecule has 0 bridgehead atoms. The highest BCUT2D eigenvalue weighted by Gasteiger charge is 2.50. The second kappa shape index (κ2) is 7.85. The third kappa shape index (κ3) is 3.13. The second-order valence-electron chi connectivity index (χ2n) is 9.10. The van der Waals surface area contributed by atoms with Crippen molar-refractivity contribution < 1.29 is 34.8 Å². The van der Waals surface area contributed by atoms with Crippen LogP contribution in [0.1, 0.15) is 34.3 Å². The summed E-state index contributed by atoms with van der Waals surface area (Å²) in [4.78, 5) is 38.2. The van der Waals surface area contributed by atoms with Crippen molar-refractivity contribution in [3.05, 3.63) is 75.8 Å². The number of carbonyl (C=O) groups is 3. The third-order valence-electron chi connectivity index (χ3n) is 7.22. The van der Waals surface area contributed by atoms with E-state index < -0.39 is 46.6 Å². The molecular weight excluding hydrogens is 438 g/mol. The number of fused-ring (bicyclic) bond motifs is 3. The van der Waals surface area contributed by atoms with Gasteiger partial charge in [-0.15, -0.1) is 0 Å². The molecule has 8 nitrogen and oxygen atoms in total. The van der Waals surface area contributed by atoms with E-state index in [-0.39, 0.29) is 35.7 Å². The minimum atomic E-state index is -1.13. The molecule has 8 heteroatoms. The minimum absolute atomic E-state index is 0.000906. The van der Waals surface area contributed by atoms with Crippen molar-refractivity contribution >= 4 is 17.5 Å². The van der Waals surface area contributed by atoms with Gasteiger partial charge in [-0.05, 0) is 53.0 Å². The molecule has 1 unspecified atom stereocenters. The van der Waals surface area contributed by atoms with E-state index in [9.17, 15) is 34.8 Å². The van der Waals surface area contributed by atoms with Gasteiger partial charge in [0.15, 0.2) is 11.6 Å². The SMILES string of the molecule is NC(=O)C1=C(O)C[C@@H]2C[C@@H]3Cc4c(-c5ccc(CO)cc5)ccc(O)c4C(=O)C3=C(O)C2C1=O. The summed E-state index contributed by atoms with van der Waals surface area (Å²) >= 11 is 0. The molecule has 1 amide bonds. The Hall–Kier alpha value is -3.91. The highest BCUT2D eigenvalue weighted by molar-refractivity contribution is 6.22. The molecule has 0 heterocycles. The van der Waals surface area contributed by atoms with Crippen molar-refractivity contribution in [1.82, 2.24) is 0 Å². The van der Waals surface area contributed by atoms with E-state index in [1.807, 2.05) is 12.1 Å². The maximum absolute atomic E-state index is 13.6. The van der Waals surface area contributed by atoms with Gasteiger partial charge in [-0.25, -0.2) is 0 Å². The molecule has 0 saturated heterocycles. The number of benzene rings is 2. The van der Waals surface area contributed by atoms with Crippen LogP contribution < -0.4 is 5.73 Å². The van der Waals surface area contributed by atoms with Gasteiger partial charge in [0.05, 0.1) is 18.1 Å². The number of hydrogen-bond acceptors (Lipinski definition) is 7. The number of aliphatic hydroxyl groups is 3. The molecule has 0 saturated carbocycles. The zero-order valence-electron chi connectivity index (χ0n) is 18.1. The van der Waals surface area contributed by atoms with Crippen LogP contribution in [0.3, 0.4) is 0 Å². The van der Waals surface area contributed by atoms with Crippen molar-refractivity contribution in [2.75, 3.05) is 0 Å². The molecule has 3 aliphatic rings. The van der Waals surface area contributed by atoms with Crippen molar-refractivity contribution in [1.29, 1.82) is 0 Å². The van der Waals surface area contributed by atoms with Crippen LogP contribution in [0.5, 0.6) is 5.75 Å². The quantitative estimate of drug-likeness (QED) is 0.440. The van der Waals surface area contributed by atoms with E-state index in [2.05, 4.69) is 0 Å². The predicted molar refractivity (Wildman–Crippen MR) is 121 cm³/mol. The molecule has 3 aliphatic carbocycles. The molecule has 3 atom stereocenters. The van der Waals surface area contributed by atoms with Crippen molar-refractivity contribution in [3.8, 4) is 16.9 Å². The fraction of sp³-hybridized carbons (Fsp3) is 0.269. The van der Waals surface area contributed by atoms with Crippen LogP contribution in [0.2, 0.25) is 0 Å². The number of Topliss-reactive ketones (excluding diaryl/α,β-unsaturated/α-hetero) is 2. The van der Waals surface area contributed by atoms with Crippen LogP contribution in [0, 0.1) is 17.8 Å². The van der Waals surface area contributed by atoms with Gasteiger partial charge in [0.1, 0.15) is 22.8 Å². The molecule has 0 spiro atoms. The summed E-state index contributed by atoms with van der Waals surface area (Å²) in [6, 6.07) is 10.4. The zero-order valence-corrected chi connectivity index (χ0v) is 18.1. The summed E-state index contributed by atoms with van der Waals surface area (Å²) in [5.74, 6) is -5.47. The maximum atomic E-state index is 13.6. The van der Waals surface area contributed by atoms with Gasteiger partial charge in [-0.2, -0.15) is 0 Å². The van der Waals surface area contributed by atoms with E-state index in [0.29, 0.717) is 18.4 Å². The molecule has 2 aromatic rings. The van der Waals surface area contributed by atoms with Gasteiger partial charge >= 0.3 is 0 Å². The van der Waals surface area contributed by atoms with Crippen LogP contribution >= 0.6 is 0 Å². The number of allylic oxidation sites excluding steroid dienone is 3. The molecule has 0 radical (unpaired) electrons. The number of phenolic OH excluding ortho intramolecular Hbond substituents is 1. The molecule has 0 aliphatic heterocycles. The third-order valence-corrected chi connectivity index (χ3v) is 7.22. The number of aliphatic hydroxyl groups excluding tert-OH is 3. The summed E-state index contributed by atoms with van der Waals surface area (Å²) in [5, 5.41) is 41.2. The summed E-state index contributed by atoms with van der Waals surface area (Å²) in [6.45, 7) is -0.0952. The van der Waals surface area contributed by atoms with Gasteiger partial charge in [0.25, 0.3) is 5.91 Å². The first-order valence-electron chi connectivity index (χ1n) is 11.0. The number of phenols is 1. The number of nitrogens with two attached hydrogens (primary N) is 1. The monoisotopic (exact) mass is 461 g/mol. The Morgan fingerprint density at radius 3 is 2.35 bits per heavy atom. The zero-order chi connectivity index (χ0) is 24.3. The molecule has 34 heavy (non-hydrogen) atoms. The van der Waals surface area contributed by atoms with Crippen molar-refractivity contribution in [3.63, 3.8) is 0 Å². The number of ketones is 2. The topological polar surface area (TPSA) is 158 Å². The lowest BCUT2D eigenvalue weighted by molar-refractivity contribution is -0.126. The van der Waals surface area contributed by atoms with Gasteiger partial charge < -0.3 is 26.2 Å². The number of carbonyl (C=O) groups excluding carboxylic acids is 3. The highest BCUT2D eigenvalue weighted by atomic mass is 16.3. The predicted octanol–water partition coefficient (Wildman–Crippen LogP) is 2.62. The van der Waals surface area contributed by atoms with Crippen LogP contribution in [0.4, 0.5) is 0 Å². The summed E-state index contributed by atoms with van der Waals surface area (Å²) in [5.41, 5.74) is 7.82. The van der Waals surface area contributed by atoms with Crippen LogP contribution in [-0.4, -0.2) is 37.9 Å². The average Bonchev–Trinajstić information content (AvgIpc) is 2.78. The first-order chi connectivity index (χ1) is 16.2. The van der Waals surface area contributed by atoms with Crippen molar-refractivity contribution in [2.45, 2.75) is 25.9 Å². The second-order valence-corrected chi connectivity index (χ2v) is 9.10. The summed E-state index contributed by atoms with van der Waals surface area (Å²) in [7, 11) is 0. The van der Waals surface area contributed by atoms with E-state index in [4.69, 9.17) is 5.73 Å².